The zero-order valence-corrected chi connectivity index (χ0v) is 59.2. The molecule has 0 unspecified atom stereocenters. The van der Waals surface area contributed by atoms with Crippen LogP contribution in [0, 0.1) is 0 Å². The number of carbonyl (C=O) groups excluding carboxylic acids is 4. The molecule has 3 heterocycles. The van der Waals surface area contributed by atoms with Gasteiger partial charge in [0.05, 0.1) is 5.56 Å². The number of nitrogens with one attached hydrogen (secondary N) is 1. The number of amides is 3. The second kappa shape index (κ2) is 41.2. The molecular formula is C50H37Br5ClI6N6O6-. The smallest absolute Gasteiger partial charge is 0.335 e. The average Bonchev–Trinajstić information content (AvgIpc) is 3.40. The predicted molar refractivity (Wildman–Crippen MR) is 356 cm³/mol. The Labute approximate surface area is 545 Å². The first-order valence-corrected chi connectivity index (χ1v) is 43.1. The number of halogens is 12. The van der Waals surface area contributed by atoms with Gasteiger partial charge < -0.3 is 16.2 Å². The predicted octanol–water partition coefficient (Wildman–Crippen LogP) is 15.0. The van der Waals surface area contributed by atoms with Gasteiger partial charge in [0.1, 0.15) is 17.5 Å². The summed E-state index contributed by atoms with van der Waals surface area (Å²) in [5, 5.41) is 10.7. The molecule has 0 spiro atoms. The number of carbonyl (C=O) groups is 5. The van der Waals surface area contributed by atoms with Gasteiger partial charge in [0.15, 0.2) is 0 Å². The zero-order valence-electron chi connectivity index (χ0n) is 37.4. The summed E-state index contributed by atoms with van der Waals surface area (Å²) in [5.41, 5.74) is 7.48. The molecule has 0 bridgehead atoms. The molecule has 0 fully saturated rings. The topological polar surface area (TPSA) is 186 Å². The van der Waals surface area contributed by atoms with E-state index >= 15 is 0 Å². The van der Waals surface area contributed by atoms with E-state index in [2.05, 4.69) is 174 Å². The Morgan fingerprint density at radius 1 is 0.500 bits per heavy atom. The summed E-state index contributed by atoms with van der Waals surface area (Å²) in [6.45, 7) is 0. The van der Waals surface area contributed by atoms with Crippen molar-refractivity contribution >= 4 is 236 Å². The van der Waals surface area contributed by atoms with Crippen molar-refractivity contribution < 1.29 is 42.3 Å². The van der Waals surface area contributed by atoms with Crippen molar-refractivity contribution in [1.29, 1.82) is 0 Å². The third-order valence-corrected chi connectivity index (χ3v) is 11.2. The van der Waals surface area contributed by atoms with Crippen LogP contribution in [-0.4, -0.2) is 49.0 Å². The van der Waals surface area contributed by atoms with E-state index in [0.29, 0.717) is 52.7 Å². The molecule has 8 rings (SSSR count). The minimum atomic E-state index is -0.896. The molecular weight excluding hydrogens is 1980 g/mol. The van der Waals surface area contributed by atoms with Crippen molar-refractivity contribution in [3.05, 3.63) is 245 Å². The van der Waals surface area contributed by atoms with Gasteiger partial charge in [-0.3, -0.25) is 19.2 Å². The van der Waals surface area contributed by atoms with Gasteiger partial charge in [0.25, 0.3) is 23.0 Å². The number of pyridine rings is 3. The van der Waals surface area contributed by atoms with Crippen LogP contribution in [0.5, 0.6) is 0 Å². The van der Waals surface area contributed by atoms with E-state index in [0.717, 1.165) is 27.3 Å². The molecule has 0 aliphatic carbocycles. The first kappa shape index (κ1) is 70.2. The summed E-state index contributed by atoms with van der Waals surface area (Å²) in [4.78, 5) is 71.6. The van der Waals surface area contributed by atoms with E-state index in [9.17, 15) is 24.0 Å². The van der Waals surface area contributed by atoms with Crippen LogP contribution in [0.25, 0.3) is 0 Å². The molecule has 0 atom stereocenters. The number of nitrogens with zero attached hydrogens (tertiary/aromatic N) is 4. The molecule has 3 aromatic heterocycles. The SMILES string of the molecule is I.II.I[I-]I.Nc1ccccn1.O=C(Cl)c1ccc(Br)cc1.O=C(Nc1ccccn1)c1ccc(Br)cc1.O=C(O)c1ccc(Br)cc1.O=C(c1ccc(Br)cc1)N(C(=O)c1ccc(Br)cc1)c1ccccn1. The first-order valence-electron chi connectivity index (χ1n) is 19.9. The normalized spacial score (nSPS) is 9.32. The Balaban J connectivity index is 0.000000482. The Bertz CT molecular complexity index is 2790. The van der Waals surface area contributed by atoms with Gasteiger partial charge in [-0.2, -0.15) is 0 Å². The average molecular weight is 2010 g/mol. The van der Waals surface area contributed by atoms with Gasteiger partial charge in [-0.15, -0.1) is 24.0 Å². The molecule has 8 aromatic rings. The number of anilines is 3. The van der Waals surface area contributed by atoms with Crippen LogP contribution in [0.3, 0.4) is 0 Å². The molecule has 0 aliphatic rings. The van der Waals surface area contributed by atoms with Crippen LogP contribution in [0.2, 0.25) is 0 Å². The van der Waals surface area contributed by atoms with E-state index in [1.807, 2.05) is 30.3 Å². The molecule has 4 N–H and O–H groups in total. The Morgan fingerprint density at radius 2 is 0.838 bits per heavy atom. The molecule has 3 amide bonds. The summed E-state index contributed by atoms with van der Waals surface area (Å²) in [5.74, 6) is -0.516. The second-order valence-corrected chi connectivity index (χ2v) is 34.4. The first-order chi connectivity index (χ1) is 35.0. The van der Waals surface area contributed by atoms with Crippen LogP contribution in [0.1, 0.15) is 51.8 Å². The zero-order chi connectivity index (χ0) is 54.1. The van der Waals surface area contributed by atoms with Crippen LogP contribution in [-0.2, 0) is 0 Å². The number of hydrogen-bond acceptors (Lipinski definition) is 9. The number of carboxylic acid groups (broad SMARTS) is 1. The van der Waals surface area contributed by atoms with Gasteiger partial charge in [0.2, 0.25) is 0 Å². The van der Waals surface area contributed by atoms with Gasteiger partial charge in [-0.05, 0) is 169 Å². The second-order valence-electron chi connectivity index (χ2n) is 13.2. The van der Waals surface area contributed by atoms with E-state index in [1.165, 1.54) is 0 Å². The number of nitrogen functional groups attached to an aromatic ring is 1. The van der Waals surface area contributed by atoms with Crippen LogP contribution in [0.15, 0.2) is 217 Å². The number of rotatable bonds is 7. The van der Waals surface area contributed by atoms with E-state index < -0.39 is 23.0 Å². The molecule has 12 nitrogen and oxygen atoms in total. The molecule has 24 heteroatoms. The molecule has 74 heavy (non-hydrogen) atoms. The van der Waals surface area contributed by atoms with Gasteiger partial charge in [0, 0.05) is 100 Å². The van der Waals surface area contributed by atoms with E-state index in [-0.39, 0.29) is 35.7 Å². The monoisotopic (exact) mass is 2010 g/mol. The fourth-order valence-electron chi connectivity index (χ4n) is 5.01. The molecule has 0 saturated heterocycles. The van der Waals surface area contributed by atoms with Crippen molar-refractivity contribution in [3.63, 3.8) is 0 Å². The summed E-state index contributed by atoms with van der Waals surface area (Å²) in [6, 6.07) is 50.1. The summed E-state index contributed by atoms with van der Waals surface area (Å²) >= 11 is 31.2. The van der Waals surface area contributed by atoms with Gasteiger partial charge in [-0.25, -0.2) is 24.6 Å². The minimum Gasteiger partial charge on any atom is -0.478 e. The van der Waals surface area contributed by atoms with Crippen molar-refractivity contribution in [2.75, 3.05) is 16.0 Å². The molecule has 0 saturated carbocycles. The van der Waals surface area contributed by atoms with Gasteiger partial charge in [-0.1, -0.05) is 97.8 Å². The Hall–Kier alpha value is -1.83. The number of carboxylic acids is 1. The summed E-state index contributed by atoms with van der Waals surface area (Å²) in [6.07, 6.45) is 4.85. The third kappa shape index (κ3) is 28.7. The largest absolute Gasteiger partial charge is 0.478 e. The number of nitrogens with two attached hydrogens (primary N) is 1. The fraction of sp³-hybridized carbons (Fsp3) is 0. The van der Waals surface area contributed by atoms with Crippen molar-refractivity contribution in [3.8, 4) is 0 Å². The molecule has 0 aliphatic heterocycles. The van der Waals surface area contributed by atoms with E-state index in [4.69, 9.17) is 22.4 Å². The fourth-order valence-corrected chi connectivity index (χ4v) is 6.45. The maximum absolute atomic E-state index is 13.0. The van der Waals surface area contributed by atoms with Crippen LogP contribution in [0.4, 0.5) is 17.5 Å². The standard InChI is InChI=1S/C19H12Br2N2O2.C12H9BrN2O.C7H4BrClO.C7H5BrO2.C5H6N2.I3.I2.HI/c20-15-8-4-13(5-9-15)18(24)23(17-3-1-2-12-22-17)19(25)14-6-10-16(21)11-7-14;13-10-6-4-9(5-7-10)12(16)15-11-3-1-2-8-14-11;2*8-6-3-1-5(2-4-6)7(9)10;6-5-3-1-2-4-7-5;1-3-2;1-2;/h1-12H;1-8H,(H,14,15,16);1-4H;1-4H,(H,9,10);1-4H,(H2,6,7);;;1H/q;;;;;-1;;. The summed E-state index contributed by atoms with van der Waals surface area (Å²) < 4.78 is 4.48. The minimum absolute atomic E-state index is 0. The Morgan fingerprint density at radius 3 is 1.14 bits per heavy atom. The van der Waals surface area contributed by atoms with Crippen molar-refractivity contribution in [2.45, 2.75) is 0 Å². The molecule has 5 aromatic carbocycles. The Kier molecular flexibility index (Phi) is 39.1. The quantitative estimate of drug-likeness (QED) is 0.0788. The number of aromatic nitrogens is 3. The maximum atomic E-state index is 13.0. The maximum Gasteiger partial charge on any atom is 0.335 e. The van der Waals surface area contributed by atoms with Gasteiger partial charge >= 0.3 is 56.5 Å². The van der Waals surface area contributed by atoms with Crippen molar-refractivity contribution in [1.82, 2.24) is 15.0 Å². The molecule has 388 valence electrons. The number of benzene rings is 5. The van der Waals surface area contributed by atoms with E-state index in [1.54, 1.807) is 164 Å². The molecule has 0 radical (unpaired) electrons. The van der Waals surface area contributed by atoms with Crippen LogP contribution >= 0.6 is 190 Å². The number of hydrogen-bond donors (Lipinski definition) is 3. The van der Waals surface area contributed by atoms with Crippen LogP contribution < -0.4 is 29.2 Å². The third-order valence-electron chi connectivity index (χ3n) is 8.33. The van der Waals surface area contributed by atoms with Crippen molar-refractivity contribution in [2.24, 2.45) is 0 Å². The number of aromatic carboxylic acids is 1. The summed E-state index contributed by atoms with van der Waals surface area (Å²) in [7, 11) is 0. The number of imide groups is 1.